The van der Waals surface area contributed by atoms with Gasteiger partial charge in [-0.25, -0.2) is 8.78 Å². The molecule has 0 aromatic heterocycles. The highest BCUT2D eigenvalue weighted by Crippen LogP contribution is 2.17. The van der Waals surface area contributed by atoms with Gasteiger partial charge in [0.2, 0.25) is 0 Å². The fourth-order valence-corrected chi connectivity index (χ4v) is 2.05. The van der Waals surface area contributed by atoms with Crippen LogP contribution in [0.1, 0.15) is 19.8 Å². The van der Waals surface area contributed by atoms with E-state index in [0.29, 0.717) is 12.5 Å². The highest BCUT2D eigenvalue weighted by molar-refractivity contribution is 14.0. The van der Waals surface area contributed by atoms with Crippen LogP contribution in [-0.2, 0) is 0 Å². The van der Waals surface area contributed by atoms with Gasteiger partial charge in [-0.2, -0.15) is 0 Å². The van der Waals surface area contributed by atoms with Gasteiger partial charge in [0.1, 0.15) is 12.4 Å². The Morgan fingerprint density at radius 3 is 2.56 bits per heavy atom. The van der Waals surface area contributed by atoms with Crippen LogP contribution in [-0.4, -0.2) is 57.7 Å². The van der Waals surface area contributed by atoms with E-state index in [9.17, 15) is 8.78 Å². The molecule has 1 rings (SSSR count). The third-order valence-corrected chi connectivity index (χ3v) is 3.45. The van der Waals surface area contributed by atoms with Crippen LogP contribution in [0.15, 0.2) is 23.2 Å². The van der Waals surface area contributed by atoms with Crippen molar-refractivity contribution < 1.29 is 13.5 Å². The number of unbranched alkanes of at least 4 members (excludes halogenated alkanes) is 1. The third kappa shape index (κ3) is 10.4. The van der Waals surface area contributed by atoms with Crippen molar-refractivity contribution in [2.45, 2.75) is 19.8 Å². The smallest absolute Gasteiger partial charge is 0.191 e. The Labute approximate surface area is 166 Å². The van der Waals surface area contributed by atoms with Crippen LogP contribution >= 0.6 is 24.0 Å². The molecule has 0 unspecified atom stereocenters. The summed E-state index contributed by atoms with van der Waals surface area (Å²) >= 11 is 0. The molecule has 0 aliphatic carbocycles. The number of hydrogen-bond donors (Lipinski definition) is 2. The Bertz CT molecular complexity index is 517. The second kappa shape index (κ2) is 14.1. The van der Waals surface area contributed by atoms with Gasteiger partial charge in [-0.3, -0.25) is 4.99 Å². The van der Waals surface area contributed by atoms with Gasteiger partial charge >= 0.3 is 0 Å². The SMILES string of the molecule is CCCCN(C)CCNC(=NC)NCCOc1ccc(F)cc1F.I. The minimum absolute atomic E-state index is 0. The van der Waals surface area contributed by atoms with Crippen LogP contribution in [0, 0.1) is 11.6 Å². The summed E-state index contributed by atoms with van der Waals surface area (Å²) in [7, 11) is 3.79. The van der Waals surface area contributed by atoms with E-state index in [1.54, 1.807) is 7.05 Å². The van der Waals surface area contributed by atoms with E-state index in [1.807, 2.05) is 0 Å². The van der Waals surface area contributed by atoms with Gasteiger partial charge < -0.3 is 20.3 Å². The molecule has 0 heterocycles. The van der Waals surface area contributed by atoms with Crippen molar-refractivity contribution in [2.24, 2.45) is 4.99 Å². The van der Waals surface area contributed by atoms with Gasteiger partial charge in [-0.05, 0) is 32.1 Å². The van der Waals surface area contributed by atoms with Crippen LogP contribution in [0.2, 0.25) is 0 Å². The fraction of sp³-hybridized carbons (Fsp3) is 0.588. The van der Waals surface area contributed by atoms with E-state index in [-0.39, 0.29) is 36.3 Å². The summed E-state index contributed by atoms with van der Waals surface area (Å²) in [5.74, 6) is -0.611. The molecule has 0 aliphatic rings. The van der Waals surface area contributed by atoms with E-state index >= 15 is 0 Å². The summed E-state index contributed by atoms with van der Waals surface area (Å²) in [5, 5.41) is 6.30. The molecule has 0 radical (unpaired) electrons. The second-order valence-electron chi connectivity index (χ2n) is 5.51. The zero-order valence-electron chi connectivity index (χ0n) is 15.1. The fourth-order valence-electron chi connectivity index (χ4n) is 2.05. The first kappa shape index (κ1) is 23.8. The molecule has 5 nitrogen and oxygen atoms in total. The minimum atomic E-state index is -0.701. The van der Waals surface area contributed by atoms with Gasteiger partial charge in [-0.15, -0.1) is 24.0 Å². The first-order chi connectivity index (χ1) is 11.6. The van der Waals surface area contributed by atoms with E-state index < -0.39 is 11.6 Å². The largest absolute Gasteiger partial charge is 0.489 e. The maximum absolute atomic E-state index is 13.4. The molecular formula is C17H29F2IN4O. The van der Waals surface area contributed by atoms with Crippen LogP contribution < -0.4 is 15.4 Å². The minimum Gasteiger partial charge on any atom is -0.489 e. The highest BCUT2D eigenvalue weighted by atomic mass is 127. The highest BCUT2D eigenvalue weighted by Gasteiger charge is 2.05. The van der Waals surface area contributed by atoms with Crippen molar-refractivity contribution in [1.82, 2.24) is 15.5 Å². The number of halogens is 3. The molecule has 0 saturated carbocycles. The molecule has 0 saturated heterocycles. The molecule has 0 atom stereocenters. The van der Waals surface area contributed by atoms with Crippen molar-refractivity contribution >= 4 is 29.9 Å². The lowest BCUT2D eigenvalue weighted by Gasteiger charge is -2.18. The summed E-state index contributed by atoms with van der Waals surface area (Å²) in [6.45, 7) is 5.69. The maximum atomic E-state index is 13.4. The lowest BCUT2D eigenvalue weighted by Crippen LogP contribution is -2.42. The molecule has 1 aromatic carbocycles. The third-order valence-electron chi connectivity index (χ3n) is 3.45. The zero-order valence-corrected chi connectivity index (χ0v) is 17.5. The zero-order chi connectivity index (χ0) is 17.8. The molecule has 0 amide bonds. The van der Waals surface area contributed by atoms with Crippen molar-refractivity contribution in [3.63, 3.8) is 0 Å². The van der Waals surface area contributed by atoms with E-state index in [0.717, 1.165) is 25.7 Å². The Morgan fingerprint density at radius 1 is 1.20 bits per heavy atom. The van der Waals surface area contributed by atoms with Crippen LogP contribution in [0.25, 0.3) is 0 Å². The molecule has 0 bridgehead atoms. The molecule has 8 heteroatoms. The molecule has 144 valence electrons. The van der Waals surface area contributed by atoms with Gasteiger partial charge in [-0.1, -0.05) is 13.3 Å². The predicted octanol–water partition coefficient (Wildman–Crippen LogP) is 2.86. The number of ether oxygens (including phenoxy) is 1. The van der Waals surface area contributed by atoms with E-state index in [4.69, 9.17) is 4.74 Å². The average molecular weight is 470 g/mol. The normalized spacial score (nSPS) is 11.2. The van der Waals surface area contributed by atoms with Crippen LogP contribution in [0.3, 0.4) is 0 Å². The number of nitrogens with zero attached hydrogens (tertiary/aromatic N) is 2. The monoisotopic (exact) mass is 470 g/mol. The van der Waals surface area contributed by atoms with E-state index in [2.05, 4.69) is 34.5 Å². The standard InChI is InChI=1S/C17H28F2N4O.HI/c1-4-5-10-23(3)11-8-21-17(20-2)22-9-12-24-16-7-6-14(18)13-15(16)19;/h6-7,13H,4-5,8-12H2,1-3H3,(H2,20,21,22);1H. The summed E-state index contributed by atoms with van der Waals surface area (Å²) < 4.78 is 31.5. The molecular weight excluding hydrogens is 441 g/mol. The second-order valence-corrected chi connectivity index (χ2v) is 5.51. The Morgan fingerprint density at radius 2 is 1.92 bits per heavy atom. The van der Waals surface area contributed by atoms with Gasteiger partial charge in [0, 0.05) is 26.2 Å². The summed E-state index contributed by atoms with van der Waals surface area (Å²) in [6.07, 6.45) is 2.39. The van der Waals surface area contributed by atoms with Crippen LogP contribution in [0.4, 0.5) is 8.78 Å². The molecule has 0 spiro atoms. The number of guanidine groups is 1. The van der Waals surface area contributed by atoms with Gasteiger partial charge in [0.05, 0.1) is 6.54 Å². The molecule has 25 heavy (non-hydrogen) atoms. The number of nitrogens with one attached hydrogen (secondary N) is 2. The van der Waals surface area contributed by atoms with Crippen LogP contribution in [0.5, 0.6) is 5.75 Å². The quantitative estimate of drug-likeness (QED) is 0.239. The lowest BCUT2D eigenvalue weighted by molar-refractivity contribution is 0.304. The van der Waals surface area contributed by atoms with E-state index in [1.165, 1.54) is 25.0 Å². The number of likely N-dealkylation sites (N-methyl/N-ethyl adjacent to an activating group) is 1. The average Bonchev–Trinajstić information content (AvgIpc) is 2.56. The van der Waals surface area contributed by atoms with Crippen molar-refractivity contribution in [1.29, 1.82) is 0 Å². The predicted molar refractivity (Wildman–Crippen MR) is 109 cm³/mol. The van der Waals surface area contributed by atoms with Crippen molar-refractivity contribution in [2.75, 3.05) is 46.9 Å². The Hall–Kier alpha value is -1.16. The Kier molecular flexibility index (Phi) is 13.4. The molecule has 2 N–H and O–H groups in total. The molecule has 1 aromatic rings. The first-order valence-electron chi connectivity index (χ1n) is 8.27. The summed E-state index contributed by atoms with van der Waals surface area (Å²) in [6, 6.07) is 3.25. The summed E-state index contributed by atoms with van der Waals surface area (Å²) in [5.41, 5.74) is 0. The topological polar surface area (TPSA) is 48.9 Å². The van der Waals surface area contributed by atoms with Gasteiger partial charge in [0.25, 0.3) is 0 Å². The number of rotatable bonds is 10. The van der Waals surface area contributed by atoms with Crippen molar-refractivity contribution in [3.05, 3.63) is 29.8 Å². The number of aliphatic imine (C=N–C) groups is 1. The molecule has 0 fully saturated rings. The lowest BCUT2D eigenvalue weighted by atomic mass is 10.3. The number of hydrogen-bond acceptors (Lipinski definition) is 3. The maximum Gasteiger partial charge on any atom is 0.191 e. The Balaban J connectivity index is 0.00000576. The van der Waals surface area contributed by atoms with Gasteiger partial charge in [0.15, 0.2) is 17.5 Å². The molecule has 0 aliphatic heterocycles. The number of benzene rings is 1. The van der Waals surface area contributed by atoms with Crippen molar-refractivity contribution in [3.8, 4) is 5.75 Å². The summed E-state index contributed by atoms with van der Waals surface area (Å²) in [4.78, 5) is 6.39. The first-order valence-corrected chi connectivity index (χ1v) is 8.27.